The third-order valence-electron chi connectivity index (χ3n) is 7.46. The van der Waals surface area contributed by atoms with Gasteiger partial charge >= 0.3 is 20.7 Å². The maximum atomic E-state index is 12.0. The number of ether oxygens (including phenoxy) is 2. The summed E-state index contributed by atoms with van der Waals surface area (Å²) in [5.74, 6) is 6.85. The van der Waals surface area contributed by atoms with Crippen molar-refractivity contribution in [1.82, 2.24) is 24.6 Å². The van der Waals surface area contributed by atoms with E-state index in [0.29, 0.717) is 46.3 Å². The molecular weight excluding hydrogens is 736 g/mol. The first-order valence-electron chi connectivity index (χ1n) is 17.2. The molecule has 4 rings (SSSR count). The molecule has 0 bridgehead atoms. The average Bonchev–Trinajstić information content (AvgIpc) is 3.72. The number of esters is 1. The summed E-state index contributed by atoms with van der Waals surface area (Å²) >= 11 is 5.98. The smallest absolute Gasteiger partial charge is 0.412 e. The summed E-state index contributed by atoms with van der Waals surface area (Å²) in [6.07, 6.45) is 0.591. The molecule has 298 valence electrons. The summed E-state index contributed by atoms with van der Waals surface area (Å²) in [6.45, 7) is 19.9. The predicted molar refractivity (Wildman–Crippen MR) is 206 cm³/mol. The zero-order valence-electron chi connectivity index (χ0n) is 32.2. The summed E-state index contributed by atoms with van der Waals surface area (Å²) in [7, 11) is -0.384. The largest absolute Gasteiger partial charge is 0.468 e. The van der Waals surface area contributed by atoms with Gasteiger partial charge in [-0.2, -0.15) is 23.1 Å². The zero-order valence-corrected chi connectivity index (χ0v) is 33.9. The number of carbonyl (C=O) groups excluding carboxylic acids is 1. The van der Waals surface area contributed by atoms with E-state index in [4.69, 9.17) is 41.7 Å². The van der Waals surface area contributed by atoms with Crippen molar-refractivity contribution in [3.63, 3.8) is 0 Å². The molecule has 0 aliphatic carbocycles. The Balaban J connectivity index is 0.000000794. The number of nitrogens with two attached hydrogens (primary N) is 2. The van der Waals surface area contributed by atoms with Crippen LogP contribution in [-0.4, -0.2) is 64.1 Å². The molecule has 1 fully saturated rings. The predicted octanol–water partition coefficient (Wildman–Crippen LogP) is 8.67. The maximum Gasteiger partial charge on any atom is 0.412 e. The first kappa shape index (κ1) is 47.5. The Kier molecular flexibility index (Phi) is 20.9. The Hall–Kier alpha value is -3.53. The molecule has 3 heterocycles. The Bertz CT molecular complexity index is 1590. The van der Waals surface area contributed by atoms with Crippen LogP contribution in [0.1, 0.15) is 81.4 Å². The highest BCUT2D eigenvalue weighted by Gasteiger charge is 2.36. The van der Waals surface area contributed by atoms with Crippen LogP contribution in [0.3, 0.4) is 0 Å². The molecule has 1 aliphatic heterocycles. The second-order valence-electron chi connectivity index (χ2n) is 11.7. The Morgan fingerprint density at radius 1 is 1.23 bits per heavy atom. The van der Waals surface area contributed by atoms with E-state index in [9.17, 15) is 18.0 Å². The molecule has 53 heavy (non-hydrogen) atoms. The number of fused-ring (bicyclic) bond motifs is 1. The highest BCUT2D eigenvalue weighted by molar-refractivity contribution is 7.45. The standard InChI is InChI=1S/C23H32ClN8O5P.C6H9F3.C4H8.C2H6/c1-5-32(26)20-18-19(28-23(25)29-20)31(12-27-18)21-13(2)10-17(36-21)11-35-38(30-14(3)22(33)34-4)37-16-8-6-15(24)7-9-16;1-4(2)5(3)6(7,8)9;1-3-4-2;1-2/h6-9,12-14,17,21,30H,5,10-11,26H2,1-4H3,(H2,25,28,29);1-3H3;3H,1,4H2,2H3;1-2H3/t13?,14?,17?,21-,38?;;;/m1.../s1. The van der Waals surface area contributed by atoms with Crippen LogP contribution in [0, 0.1) is 5.92 Å². The minimum absolute atomic E-state index is 0.0967. The van der Waals surface area contributed by atoms with E-state index in [2.05, 4.69) is 40.5 Å². The summed E-state index contributed by atoms with van der Waals surface area (Å²) in [5, 5.41) is 5.10. The number of aromatic nitrogens is 4. The van der Waals surface area contributed by atoms with Crippen LogP contribution in [0.15, 0.2) is 54.4 Å². The van der Waals surface area contributed by atoms with Crippen molar-refractivity contribution in [2.45, 2.75) is 99.7 Å². The van der Waals surface area contributed by atoms with E-state index in [0.717, 1.165) is 13.3 Å². The van der Waals surface area contributed by atoms with Gasteiger partial charge in [-0.15, -0.1) is 6.58 Å². The molecule has 0 amide bonds. The fourth-order valence-corrected chi connectivity index (χ4v) is 5.66. The summed E-state index contributed by atoms with van der Waals surface area (Å²) in [4.78, 5) is 25.1. The van der Waals surface area contributed by atoms with Crippen molar-refractivity contribution in [2.75, 3.05) is 31.0 Å². The number of carbonyl (C=O) groups is 1. The molecule has 13 nitrogen and oxygen atoms in total. The molecule has 3 aromatic rings. The van der Waals surface area contributed by atoms with Gasteiger partial charge in [-0.3, -0.25) is 14.4 Å². The molecule has 1 saturated heterocycles. The number of hydrogen-bond acceptors (Lipinski definition) is 12. The number of hydrazine groups is 1. The molecule has 0 saturated carbocycles. The number of rotatable bonds is 12. The maximum absolute atomic E-state index is 12.0. The van der Waals surface area contributed by atoms with Crippen LogP contribution in [-0.2, 0) is 18.8 Å². The minimum atomic E-state index is -4.14. The van der Waals surface area contributed by atoms with Crippen LogP contribution in [0.4, 0.5) is 24.9 Å². The Labute approximate surface area is 317 Å². The van der Waals surface area contributed by atoms with Gasteiger partial charge in [0.15, 0.2) is 17.0 Å². The van der Waals surface area contributed by atoms with Gasteiger partial charge in [0.05, 0.1) is 26.1 Å². The van der Waals surface area contributed by atoms with E-state index < -0.39 is 32.3 Å². The number of alkyl halides is 3. The molecule has 5 N–H and O–H groups in total. The van der Waals surface area contributed by atoms with E-state index in [-0.39, 0.29) is 30.8 Å². The molecule has 5 atom stereocenters. The normalized spacial score (nSPS) is 17.5. The van der Waals surface area contributed by atoms with Gasteiger partial charge < -0.3 is 24.3 Å². The third kappa shape index (κ3) is 15.0. The number of halogens is 4. The number of anilines is 2. The Morgan fingerprint density at radius 2 is 1.83 bits per heavy atom. The van der Waals surface area contributed by atoms with Crippen molar-refractivity contribution in [1.29, 1.82) is 0 Å². The van der Waals surface area contributed by atoms with Crippen LogP contribution < -0.4 is 26.2 Å². The summed E-state index contributed by atoms with van der Waals surface area (Å²) in [6, 6.07) is 6.23. The lowest BCUT2D eigenvalue weighted by atomic mass is 10.1. The number of hydrogen-bond donors (Lipinski definition) is 3. The van der Waals surface area contributed by atoms with Crippen LogP contribution in [0.5, 0.6) is 5.75 Å². The SMILES string of the molecule is C=CCC.CC.CC(C)=C(C)C(F)(F)F.CCN(N)c1nc(N)nc2c1ncn2[C@@H]1OC(COP(NC(C)C(=O)OC)Oc2ccc(Cl)cc2)CC1C. The van der Waals surface area contributed by atoms with Crippen molar-refractivity contribution >= 4 is 49.0 Å². The first-order valence-corrected chi connectivity index (χ1v) is 18.7. The lowest BCUT2D eigenvalue weighted by molar-refractivity contribution is -0.142. The molecule has 18 heteroatoms. The highest BCUT2D eigenvalue weighted by atomic mass is 35.5. The van der Waals surface area contributed by atoms with Crippen LogP contribution in [0.2, 0.25) is 5.02 Å². The van der Waals surface area contributed by atoms with Crippen molar-refractivity contribution in [2.24, 2.45) is 11.8 Å². The van der Waals surface area contributed by atoms with Crippen molar-refractivity contribution in [3.05, 3.63) is 59.4 Å². The van der Waals surface area contributed by atoms with Gasteiger partial charge in [0, 0.05) is 23.1 Å². The van der Waals surface area contributed by atoms with Crippen LogP contribution >= 0.6 is 20.1 Å². The zero-order chi connectivity index (χ0) is 40.5. The van der Waals surface area contributed by atoms with Gasteiger partial charge in [0.1, 0.15) is 18.0 Å². The number of nitrogens with zero attached hydrogens (tertiary/aromatic N) is 5. The average molecular weight is 791 g/mol. The number of nitrogens with one attached hydrogen (secondary N) is 1. The monoisotopic (exact) mass is 790 g/mol. The fourth-order valence-electron chi connectivity index (χ4n) is 4.32. The first-order chi connectivity index (χ1) is 25.0. The second kappa shape index (κ2) is 23.3. The number of methoxy groups -OCH3 is 1. The van der Waals surface area contributed by atoms with Gasteiger partial charge in [0.25, 0.3) is 0 Å². The Morgan fingerprint density at radius 3 is 2.32 bits per heavy atom. The lowest BCUT2D eigenvalue weighted by Crippen LogP contribution is -2.33. The molecule has 0 radical (unpaired) electrons. The summed E-state index contributed by atoms with van der Waals surface area (Å²) < 4.78 is 60.0. The molecule has 0 spiro atoms. The topological polar surface area (TPSA) is 165 Å². The van der Waals surface area contributed by atoms with Gasteiger partial charge in [-0.25, -0.2) is 15.9 Å². The highest BCUT2D eigenvalue weighted by Crippen LogP contribution is 2.41. The number of benzene rings is 1. The molecule has 1 aromatic carbocycles. The van der Waals surface area contributed by atoms with Crippen molar-refractivity contribution in [3.8, 4) is 5.75 Å². The number of nitrogen functional groups attached to an aromatic ring is 1. The fraction of sp³-hybridized carbons (Fsp3) is 0.543. The molecule has 4 unspecified atom stereocenters. The quantitative estimate of drug-likeness (QED) is 0.0527. The van der Waals surface area contributed by atoms with Crippen molar-refractivity contribution < 1.29 is 36.5 Å². The van der Waals surface area contributed by atoms with Gasteiger partial charge in [-0.05, 0) is 71.7 Å². The third-order valence-corrected chi connectivity index (χ3v) is 9.07. The van der Waals surface area contributed by atoms with E-state index >= 15 is 0 Å². The molecule has 1 aliphatic rings. The van der Waals surface area contributed by atoms with Crippen LogP contribution in [0.25, 0.3) is 11.2 Å². The van der Waals surface area contributed by atoms with Gasteiger partial charge in [0.2, 0.25) is 5.95 Å². The molecule has 2 aromatic heterocycles. The van der Waals surface area contributed by atoms with E-state index in [1.807, 2.05) is 31.4 Å². The minimum Gasteiger partial charge on any atom is -0.468 e. The second-order valence-corrected chi connectivity index (χ2v) is 13.3. The van der Waals surface area contributed by atoms with E-state index in [1.54, 1.807) is 37.5 Å². The van der Waals surface area contributed by atoms with E-state index in [1.165, 1.54) is 26.0 Å². The number of allylic oxidation sites excluding steroid dienone is 3. The summed E-state index contributed by atoms with van der Waals surface area (Å²) in [5.41, 5.74) is 6.87. The molecular formula is C35H55ClF3N8O5P. The van der Waals surface area contributed by atoms with Gasteiger partial charge in [-0.1, -0.05) is 50.9 Å². The lowest BCUT2D eigenvalue weighted by Gasteiger charge is -2.23. The number of imidazole rings is 1.